The first-order valence-corrected chi connectivity index (χ1v) is 2.61. The van der Waals surface area contributed by atoms with Crippen LogP contribution in [0, 0.1) is 0 Å². The van der Waals surface area contributed by atoms with Crippen molar-refractivity contribution >= 4 is 19.8 Å². The van der Waals surface area contributed by atoms with Crippen LogP contribution in [0.2, 0.25) is 0 Å². The number of halogens is 2. The van der Waals surface area contributed by atoms with Crippen molar-refractivity contribution in [3.63, 3.8) is 0 Å². The van der Waals surface area contributed by atoms with E-state index in [-0.39, 0.29) is 29.6 Å². The molecule has 0 saturated heterocycles. The molecule has 0 aliphatic heterocycles. The Kier molecular flexibility index (Phi) is 6.83. The molecular weight excluding hydrogens is 156 g/mol. The molecule has 0 rings (SSSR count). The maximum atomic E-state index is 10.8. The van der Waals surface area contributed by atoms with Crippen molar-refractivity contribution < 1.29 is 47.3 Å². The Morgan fingerprint density at radius 2 is 2.00 bits per heavy atom. The Morgan fingerprint density at radius 3 is 2.00 bits per heavy atom. The molecular formula is ClFNaO3P. The zero-order chi connectivity index (χ0) is 5.21. The molecule has 0 amide bonds. The van der Waals surface area contributed by atoms with Gasteiger partial charge >= 0.3 is 37.5 Å². The molecule has 0 aromatic heterocycles. The Morgan fingerprint density at radius 1 is 1.86 bits per heavy atom. The van der Waals surface area contributed by atoms with E-state index in [1.807, 2.05) is 0 Å². The smallest absolute Gasteiger partial charge is 0.752 e. The molecule has 0 N–H and O–H groups in total. The van der Waals surface area contributed by atoms with Crippen LogP contribution in [-0.4, -0.2) is 0 Å². The van der Waals surface area contributed by atoms with Gasteiger partial charge in [-0.15, -0.1) is 0 Å². The van der Waals surface area contributed by atoms with E-state index in [1.165, 1.54) is 0 Å². The second-order valence-electron chi connectivity index (χ2n) is 0.500. The number of rotatable bonds is 1. The van der Waals surface area contributed by atoms with Crippen molar-refractivity contribution in [3.8, 4) is 0 Å². The summed E-state index contributed by atoms with van der Waals surface area (Å²) in [5.41, 5.74) is 0. The summed E-state index contributed by atoms with van der Waals surface area (Å²) >= 11 is 4.03. The third-order valence-electron chi connectivity index (χ3n) is 0.0824. The molecule has 38 valence electrons. The summed E-state index contributed by atoms with van der Waals surface area (Å²) in [7, 11) is -5.13. The van der Waals surface area contributed by atoms with Gasteiger partial charge in [0, 0.05) is 0 Å². The normalized spacial score (nSPS) is 17.0. The van der Waals surface area contributed by atoms with Crippen molar-refractivity contribution in [2.24, 2.45) is 0 Å². The first-order chi connectivity index (χ1) is 2.56. The first-order valence-electron chi connectivity index (χ1n) is 0.871. The minimum Gasteiger partial charge on any atom is -0.752 e. The van der Waals surface area contributed by atoms with E-state index < -0.39 is 7.91 Å². The van der Waals surface area contributed by atoms with Crippen molar-refractivity contribution in [2.75, 3.05) is 0 Å². The topological polar surface area (TPSA) is 49.4 Å². The molecule has 0 aliphatic rings. The number of hydrogen-bond donors (Lipinski definition) is 0. The van der Waals surface area contributed by atoms with Gasteiger partial charge in [0.1, 0.15) is 0 Å². The van der Waals surface area contributed by atoms with Crippen LogP contribution in [0.4, 0.5) is 4.20 Å². The van der Waals surface area contributed by atoms with Crippen molar-refractivity contribution in [2.45, 2.75) is 0 Å². The standard InChI is InChI=1S/ClFHO3P.Na/c1-5-6(2,3)4;/h(H,3,4);/q;+1/p-1. The minimum absolute atomic E-state index is 0. The van der Waals surface area contributed by atoms with Crippen LogP contribution in [0.1, 0.15) is 0 Å². The van der Waals surface area contributed by atoms with Crippen molar-refractivity contribution in [1.29, 1.82) is 0 Å². The molecule has 0 spiro atoms. The molecule has 0 aromatic carbocycles. The zero-order valence-electron chi connectivity index (χ0n) is 3.43. The van der Waals surface area contributed by atoms with Crippen molar-refractivity contribution in [3.05, 3.63) is 0 Å². The Balaban J connectivity index is 0. The van der Waals surface area contributed by atoms with E-state index in [2.05, 4.69) is 15.9 Å². The van der Waals surface area contributed by atoms with Crippen LogP contribution in [0.5, 0.6) is 0 Å². The van der Waals surface area contributed by atoms with E-state index in [0.29, 0.717) is 0 Å². The monoisotopic (exact) mass is 156 g/mol. The fraction of sp³-hybridized carbons (Fsp3) is 0. The van der Waals surface area contributed by atoms with Gasteiger partial charge in [-0.2, -0.15) is 4.20 Å². The van der Waals surface area contributed by atoms with Gasteiger partial charge < -0.3 is 4.89 Å². The van der Waals surface area contributed by atoms with Gasteiger partial charge in [0.25, 0.3) is 0 Å². The SMILES string of the molecule is O=P([O-])(F)OCl.[Na+]. The molecule has 7 heteroatoms. The van der Waals surface area contributed by atoms with Crippen LogP contribution in [-0.2, 0) is 8.64 Å². The molecule has 7 heavy (non-hydrogen) atoms. The molecule has 1 atom stereocenters. The molecule has 0 aromatic rings. The van der Waals surface area contributed by atoms with Crippen molar-refractivity contribution in [1.82, 2.24) is 0 Å². The van der Waals surface area contributed by atoms with Crippen LogP contribution in [0.25, 0.3) is 0 Å². The van der Waals surface area contributed by atoms with Crippen LogP contribution >= 0.6 is 19.8 Å². The summed E-state index contributed by atoms with van der Waals surface area (Å²) < 4.78 is 22.5. The fourth-order valence-electron chi connectivity index (χ4n) is 0. The summed E-state index contributed by atoms with van der Waals surface area (Å²) in [6.45, 7) is 0. The van der Waals surface area contributed by atoms with Gasteiger partial charge in [-0.05, 0) is 0 Å². The Bertz CT molecular complexity index is 79.0. The molecule has 0 radical (unpaired) electrons. The van der Waals surface area contributed by atoms with Crippen LogP contribution in [0.15, 0.2) is 0 Å². The molecule has 1 unspecified atom stereocenters. The van der Waals surface area contributed by atoms with Gasteiger partial charge in [-0.25, -0.2) is 4.08 Å². The van der Waals surface area contributed by atoms with Gasteiger partial charge in [-0.3, -0.25) is 4.57 Å². The molecule has 0 heterocycles. The van der Waals surface area contributed by atoms with Crippen LogP contribution < -0.4 is 34.5 Å². The van der Waals surface area contributed by atoms with E-state index in [4.69, 9.17) is 9.46 Å². The fourth-order valence-corrected chi connectivity index (χ4v) is 0. The quantitative estimate of drug-likeness (QED) is 0.314. The minimum atomic E-state index is -5.13. The largest absolute Gasteiger partial charge is 1.00 e. The maximum Gasteiger partial charge on any atom is 1.00 e. The predicted octanol–water partition coefficient (Wildman–Crippen LogP) is -2.40. The van der Waals surface area contributed by atoms with E-state index in [9.17, 15) is 4.20 Å². The zero-order valence-corrected chi connectivity index (χ0v) is 7.08. The molecule has 0 saturated carbocycles. The molecule has 0 aliphatic carbocycles. The maximum absolute atomic E-state index is 10.8. The molecule has 0 fully saturated rings. The van der Waals surface area contributed by atoms with Gasteiger partial charge in [0.2, 0.25) is 0 Å². The first kappa shape index (κ1) is 11.2. The van der Waals surface area contributed by atoms with Gasteiger partial charge in [0.15, 0.2) is 0 Å². The third kappa shape index (κ3) is 11.1. The summed E-state index contributed by atoms with van der Waals surface area (Å²) in [6.07, 6.45) is 0. The van der Waals surface area contributed by atoms with Crippen LogP contribution in [0.3, 0.4) is 0 Å². The summed E-state index contributed by atoms with van der Waals surface area (Å²) in [5.74, 6) is 0. The predicted molar refractivity (Wildman–Crippen MR) is 15.7 cm³/mol. The average Bonchev–Trinajstić information content (AvgIpc) is 1.35. The second-order valence-corrected chi connectivity index (χ2v) is 1.91. The summed E-state index contributed by atoms with van der Waals surface area (Å²) in [5, 5.41) is 0. The van der Waals surface area contributed by atoms with E-state index in [1.54, 1.807) is 0 Å². The molecule has 0 bridgehead atoms. The number of hydrogen-bond acceptors (Lipinski definition) is 3. The van der Waals surface area contributed by atoms with E-state index >= 15 is 0 Å². The summed E-state index contributed by atoms with van der Waals surface area (Å²) in [6, 6.07) is 0. The Hall–Kier alpha value is 1.37. The third-order valence-corrected chi connectivity index (χ3v) is 0.742. The van der Waals surface area contributed by atoms with Gasteiger partial charge in [0.05, 0.1) is 11.9 Å². The average molecular weight is 156 g/mol. The van der Waals surface area contributed by atoms with Gasteiger partial charge in [-0.1, -0.05) is 0 Å². The second kappa shape index (κ2) is 4.27. The molecule has 3 nitrogen and oxygen atoms in total. The summed E-state index contributed by atoms with van der Waals surface area (Å²) in [4.78, 5) is 9.01. The van der Waals surface area contributed by atoms with E-state index in [0.717, 1.165) is 0 Å². The Labute approximate surface area is 66.9 Å².